The first-order valence-corrected chi connectivity index (χ1v) is 8.30. The fourth-order valence-electron chi connectivity index (χ4n) is 3.17. The van der Waals surface area contributed by atoms with Crippen molar-refractivity contribution in [3.05, 3.63) is 57.9 Å². The Balaban J connectivity index is 1.86. The van der Waals surface area contributed by atoms with Crippen molar-refractivity contribution in [2.75, 3.05) is 31.1 Å². The number of fused-ring (bicyclic) bond motifs is 2. The molecule has 0 atom stereocenters. The first-order chi connectivity index (χ1) is 11.2. The molecule has 5 heteroatoms. The van der Waals surface area contributed by atoms with E-state index in [0.29, 0.717) is 0 Å². The van der Waals surface area contributed by atoms with E-state index < -0.39 is 0 Å². The molecule has 0 unspecified atom stereocenters. The van der Waals surface area contributed by atoms with Crippen LogP contribution in [0.5, 0.6) is 0 Å². The van der Waals surface area contributed by atoms with Gasteiger partial charge in [0.2, 0.25) is 0 Å². The first-order valence-electron chi connectivity index (χ1n) is 7.92. The van der Waals surface area contributed by atoms with Crippen LogP contribution in [0.15, 0.2) is 46.9 Å². The standard InChI is InChI=1S/C18H19ClN4/c1-13-4-7-23-14(10-13)11-15-16(12-21-23)17(19)2-3-18(15)22-8-5-20-6-9-22/h2-4,7,10-12,20H,5-6,8-9H2,1H3. The van der Waals surface area contributed by atoms with Crippen LogP contribution in [0.2, 0.25) is 5.02 Å². The Morgan fingerprint density at radius 2 is 1.96 bits per heavy atom. The van der Waals surface area contributed by atoms with Crippen molar-refractivity contribution in [3.8, 4) is 0 Å². The molecule has 1 fully saturated rings. The lowest BCUT2D eigenvalue weighted by molar-refractivity contribution is 0.516. The lowest BCUT2D eigenvalue weighted by Gasteiger charge is -2.31. The van der Waals surface area contributed by atoms with E-state index in [1.807, 2.05) is 23.5 Å². The number of benzene rings is 1. The van der Waals surface area contributed by atoms with Crippen molar-refractivity contribution in [2.45, 2.75) is 6.92 Å². The van der Waals surface area contributed by atoms with Crippen LogP contribution in [0.4, 0.5) is 5.69 Å². The second-order valence-electron chi connectivity index (χ2n) is 5.99. The number of hydrogen-bond donors (Lipinski definition) is 1. The molecular weight excluding hydrogens is 308 g/mol. The fraction of sp³-hybridized carbons (Fsp3) is 0.278. The Kier molecular flexibility index (Phi) is 3.71. The van der Waals surface area contributed by atoms with E-state index in [2.05, 4.69) is 46.5 Å². The average molecular weight is 327 g/mol. The molecule has 4 nitrogen and oxygen atoms in total. The second-order valence-corrected chi connectivity index (χ2v) is 6.40. The van der Waals surface area contributed by atoms with E-state index >= 15 is 0 Å². The number of halogens is 1. The van der Waals surface area contributed by atoms with Crippen molar-refractivity contribution in [1.29, 1.82) is 0 Å². The number of anilines is 1. The van der Waals surface area contributed by atoms with Crippen molar-refractivity contribution < 1.29 is 0 Å². The molecule has 1 aromatic rings. The Morgan fingerprint density at radius 1 is 1.13 bits per heavy atom. The van der Waals surface area contributed by atoms with Gasteiger partial charge in [0, 0.05) is 49.2 Å². The van der Waals surface area contributed by atoms with Crippen LogP contribution in [0.3, 0.4) is 0 Å². The molecule has 0 aliphatic carbocycles. The van der Waals surface area contributed by atoms with E-state index in [1.54, 1.807) is 0 Å². The fourth-order valence-corrected chi connectivity index (χ4v) is 3.38. The zero-order valence-corrected chi connectivity index (χ0v) is 13.8. The molecule has 0 spiro atoms. The Morgan fingerprint density at radius 3 is 2.78 bits per heavy atom. The first kappa shape index (κ1) is 14.5. The number of piperazine rings is 1. The summed E-state index contributed by atoms with van der Waals surface area (Å²) in [6.45, 7) is 6.13. The predicted molar refractivity (Wildman–Crippen MR) is 96.8 cm³/mol. The second kappa shape index (κ2) is 5.87. The van der Waals surface area contributed by atoms with Crippen molar-refractivity contribution in [2.24, 2.45) is 5.10 Å². The van der Waals surface area contributed by atoms with Gasteiger partial charge in [0.15, 0.2) is 0 Å². The maximum atomic E-state index is 6.45. The van der Waals surface area contributed by atoms with Crippen LogP contribution in [0, 0.1) is 0 Å². The number of nitrogens with zero attached hydrogens (tertiary/aromatic N) is 3. The van der Waals surface area contributed by atoms with Gasteiger partial charge in [0.1, 0.15) is 0 Å². The minimum Gasteiger partial charge on any atom is -0.368 e. The third-order valence-corrected chi connectivity index (χ3v) is 4.72. The minimum absolute atomic E-state index is 0.740. The highest BCUT2D eigenvalue weighted by atomic mass is 35.5. The number of rotatable bonds is 1. The molecular formula is C18H19ClN4. The summed E-state index contributed by atoms with van der Waals surface area (Å²) in [5.74, 6) is 0. The van der Waals surface area contributed by atoms with Crippen LogP contribution < -0.4 is 10.2 Å². The molecule has 0 aromatic heterocycles. The van der Waals surface area contributed by atoms with Crippen LogP contribution in [0.1, 0.15) is 18.1 Å². The third kappa shape index (κ3) is 2.69. The van der Waals surface area contributed by atoms with Gasteiger partial charge in [-0.2, -0.15) is 5.10 Å². The van der Waals surface area contributed by atoms with Crippen molar-refractivity contribution in [1.82, 2.24) is 10.3 Å². The van der Waals surface area contributed by atoms with Gasteiger partial charge in [-0.1, -0.05) is 11.6 Å². The Labute approximate surface area is 141 Å². The number of hydrogen-bond acceptors (Lipinski definition) is 4. The molecule has 1 N–H and O–H groups in total. The maximum absolute atomic E-state index is 6.45. The smallest absolute Gasteiger partial charge is 0.0655 e. The zero-order chi connectivity index (χ0) is 15.8. The highest BCUT2D eigenvalue weighted by molar-refractivity contribution is 6.33. The molecule has 3 aliphatic heterocycles. The molecule has 0 radical (unpaired) electrons. The van der Waals surface area contributed by atoms with E-state index in [0.717, 1.165) is 48.0 Å². The third-order valence-electron chi connectivity index (χ3n) is 4.39. The summed E-state index contributed by atoms with van der Waals surface area (Å²) in [7, 11) is 0. The van der Waals surface area contributed by atoms with E-state index in [4.69, 9.17) is 11.6 Å². The predicted octanol–water partition coefficient (Wildman–Crippen LogP) is 3.21. The minimum atomic E-state index is 0.740. The van der Waals surface area contributed by atoms with Crippen molar-refractivity contribution >= 4 is 29.6 Å². The van der Waals surface area contributed by atoms with Crippen LogP contribution >= 0.6 is 11.6 Å². The molecule has 3 heterocycles. The van der Waals surface area contributed by atoms with Gasteiger partial charge in [-0.25, -0.2) is 5.01 Å². The molecule has 4 rings (SSSR count). The lowest BCUT2D eigenvalue weighted by atomic mass is 10.0. The molecule has 118 valence electrons. The molecule has 0 amide bonds. The molecule has 23 heavy (non-hydrogen) atoms. The zero-order valence-electron chi connectivity index (χ0n) is 13.1. The van der Waals surface area contributed by atoms with E-state index in [9.17, 15) is 0 Å². The maximum Gasteiger partial charge on any atom is 0.0655 e. The summed E-state index contributed by atoms with van der Waals surface area (Å²) in [5, 5.41) is 10.6. The topological polar surface area (TPSA) is 30.9 Å². The van der Waals surface area contributed by atoms with E-state index in [1.165, 1.54) is 11.3 Å². The van der Waals surface area contributed by atoms with Gasteiger partial charge < -0.3 is 10.2 Å². The van der Waals surface area contributed by atoms with Crippen LogP contribution in [-0.4, -0.2) is 37.4 Å². The molecule has 0 saturated carbocycles. The highest BCUT2D eigenvalue weighted by Crippen LogP contribution is 2.34. The van der Waals surface area contributed by atoms with Gasteiger partial charge in [-0.15, -0.1) is 0 Å². The van der Waals surface area contributed by atoms with Gasteiger partial charge in [0.25, 0.3) is 0 Å². The number of allylic oxidation sites excluding steroid dienone is 3. The normalized spacial score (nSPS) is 19.7. The molecule has 1 aromatic carbocycles. The van der Waals surface area contributed by atoms with Gasteiger partial charge >= 0.3 is 0 Å². The summed E-state index contributed by atoms with van der Waals surface area (Å²) < 4.78 is 0. The largest absolute Gasteiger partial charge is 0.368 e. The molecule has 1 saturated heterocycles. The van der Waals surface area contributed by atoms with Crippen LogP contribution in [0.25, 0.3) is 6.08 Å². The van der Waals surface area contributed by atoms with Gasteiger partial charge in [-0.05, 0) is 42.9 Å². The molecule has 0 bridgehead atoms. The summed E-state index contributed by atoms with van der Waals surface area (Å²) in [5.41, 5.74) is 5.66. The lowest BCUT2D eigenvalue weighted by Crippen LogP contribution is -2.43. The van der Waals surface area contributed by atoms with E-state index in [-0.39, 0.29) is 0 Å². The number of hydrazone groups is 1. The SMILES string of the molecule is CC1=CC2=Cc3c(N4CCNCC4)ccc(Cl)c3C=NN2C=C1. The van der Waals surface area contributed by atoms with Gasteiger partial charge in [0.05, 0.1) is 16.9 Å². The summed E-state index contributed by atoms with van der Waals surface area (Å²) in [6, 6.07) is 4.10. The number of nitrogens with one attached hydrogen (secondary N) is 1. The monoisotopic (exact) mass is 326 g/mol. The quantitative estimate of drug-likeness (QED) is 0.859. The van der Waals surface area contributed by atoms with Crippen LogP contribution in [-0.2, 0) is 0 Å². The average Bonchev–Trinajstić information content (AvgIpc) is 2.75. The Hall–Kier alpha value is -2.04. The summed E-state index contributed by atoms with van der Waals surface area (Å²) in [6.07, 6.45) is 10.3. The molecule has 3 aliphatic rings. The van der Waals surface area contributed by atoms with Gasteiger partial charge in [-0.3, -0.25) is 0 Å². The van der Waals surface area contributed by atoms with Crippen molar-refractivity contribution in [3.63, 3.8) is 0 Å². The highest BCUT2D eigenvalue weighted by Gasteiger charge is 2.20. The Bertz CT molecular complexity index is 755. The summed E-state index contributed by atoms with van der Waals surface area (Å²) >= 11 is 6.45. The summed E-state index contributed by atoms with van der Waals surface area (Å²) in [4.78, 5) is 2.42.